The standard InChI is InChI=1S/C13H13NO3/c1-10(7-8-15)12(9-16)14-13(17)11-5-3-2-4-6-11/h2-6,8-9H,7H2,1H3,(H,14,17)/b12-10+. The Morgan fingerprint density at radius 2 is 1.88 bits per heavy atom. The van der Waals surface area contributed by atoms with Crippen molar-refractivity contribution in [3.8, 4) is 0 Å². The fourth-order valence-corrected chi connectivity index (χ4v) is 1.26. The molecule has 0 radical (unpaired) electrons. The lowest BCUT2D eigenvalue weighted by atomic mass is 10.1. The maximum atomic E-state index is 11.7. The SMILES string of the molecule is C/C(CC=O)=C(/C=O)NC(=O)c1ccccc1. The highest BCUT2D eigenvalue weighted by Crippen LogP contribution is 2.04. The summed E-state index contributed by atoms with van der Waals surface area (Å²) in [7, 11) is 0. The third-order valence-corrected chi connectivity index (χ3v) is 2.25. The zero-order chi connectivity index (χ0) is 12.7. The molecule has 1 N–H and O–H groups in total. The Morgan fingerprint density at radius 1 is 1.24 bits per heavy atom. The highest BCUT2D eigenvalue weighted by Gasteiger charge is 2.08. The van der Waals surface area contributed by atoms with Crippen molar-refractivity contribution in [3.63, 3.8) is 0 Å². The van der Waals surface area contributed by atoms with Gasteiger partial charge in [0.1, 0.15) is 6.29 Å². The van der Waals surface area contributed by atoms with Crippen LogP contribution >= 0.6 is 0 Å². The predicted octanol–water partition coefficient (Wildman–Crippen LogP) is 1.48. The molecular formula is C13H13NO3. The van der Waals surface area contributed by atoms with E-state index in [1.165, 1.54) is 0 Å². The van der Waals surface area contributed by atoms with Gasteiger partial charge in [0.05, 0.1) is 5.70 Å². The first-order valence-electron chi connectivity index (χ1n) is 5.14. The lowest BCUT2D eigenvalue weighted by Crippen LogP contribution is -2.24. The number of allylic oxidation sites excluding steroid dienone is 2. The van der Waals surface area contributed by atoms with E-state index >= 15 is 0 Å². The normalized spacial score (nSPS) is 11.4. The molecular weight excluding hydrogens is 218 g/mol. The number of carbonyl (C=O) groups is 3. The van der Waals surface area contributed by atoms with Gasteiger partial charge in [0, 0.05) is 12.0 Å². The average Bonchev–Trinajstić information content (AvgIpc) is 2.37. The van der Waals surface area contributed by atoms with Crippen LogP contribution in [-0.4, -0.2) is 18.5 Å². The molecule has 17 heavy (non-hydrogen) atoms. The van der Waals surface area contributed by atoms with E-state index in [2.05, 4.69) is 5.32 Å². The predicted molar refractivity (Wildman–Crippen MR) is 63.4 cm³/mol. The highest BCUT2D eigenvalue weighted by molar-refractivity contribution is 5.98. The summed E-state index contributed by atoms with van der Waals surface area (Å²) in [6, 6.07) is 8.56. The lowest BCUT2D eigenvalue weighted by molar-refractivity contribution is -0.107. The summed E-state index contributed by atoms with van der Waals surface area (Å²) in [5, 5.41) is 2.48. The number of benzene rings is 1. The molecule has 0 bridgehead atoms. The van der Waals surface area contributed by atoms with E-state index in [1.54, 1.807) is 37.3 Å². The van der Waals surface area contributed by atoms with Crippen LogP contribution < -0.4 is 5.32 Å². The molecule has 0 atom stereocenters. The van der Waals surface area contributed by atoms with Crippen LogP contribution in [0, 0.1) is 0 Å². The molecule has 1 aromatic rings. The van der Waals surface area contributed by atoms with Gasteiger partial charge in [-0.3, -0.25) is 9.59 Å². The molecule has 4 nitrogen and oxygen atoms in total. The summed E-state index contributed by atoms with van der Waals surface area (Å²) in [6.45, 7) is 1.63. The van der Waals surface area contributed by atoms with Gasteiger partial charge in [0.25, 0.3) is 5.91 Å². The molecule has 0 aliphatic rings. The van der Waals surface area contributed by atoms with Gasteiger partial charge < -0.3 is 10.1 Å². The topological polar surface area (TPSA) is 63.2 Å². The number of hydrogen-bond acceptors (Lipinski definition) is 3. The minimum atomic E-state index is -0.363. The molecule has 0 aromatic heterocycles. The first-order chi connectivity index (χ1) is 8.19. The molecule has 4 heteroatoms. The molecule has 1 amide bonds. The maximum absolute atomic E-state index is 11.7. The van der Waals surface area contributed by atoms with E-state index in [1.807, 2.05) is 0 Å². The fraction of sp³-hybridized carbons (Fsp3) is 0.154. The average molecular weight is 231 g/mol. The summed E-state index contributed by atoms with van der Waals surface area (Å²) >= 11 is 0. The summed E-state index contributed by atoms with van der Waals surface area (Å²) in [6.07, 6.45) is 1.36. The number of nitrogens with one attached hydrogen (secondary N) is 1. The number of hydrogen-bond donors (Lipinski definition) is 1. The van der Waals surface area contributed by atoms with Gasteiger partial charge in [-0.25, -0.2) is 0 Å². The first-order valence-corrected chi connectivity index (χ1v) is 5.14. The molecule has 0 fully saturated rings. The van der Waals surface area contributed by atoms with Crippen molar-refractivity contribution in [2.75, 3.05) is 0 Å². The van der Waals surface area contributed by atoms with Gasteiger partial charge in [-0.05, 0) is 24.6 Å². The van der Waals surface area contributed by atoms with Crippen molar-refractivity contribution in [3.05, 3.63) is 47.2 Å². The molecule has 0 aliphatic carbocycles. The quantitative estimate of drug-likeness (QED) is 0.616. The van der Waals surface area contributed by atoms with E-state index in [-0.39, 0.29) is 18.0 Å². The Kier molecular flexibility index (Phi) is 4.81. The molecule has 1 aromatic carbocycles. The second-order valence-electron chi connectivity index (χ2n) is 3.50. The van der Waals surface area contributed by atoms with Crippen LogP contribution in [0.4, 0.5) is 0 Å². The van der Waals surface area contributed by atoms with Crippen molar-refractivity contribution in [2.24, 2.45) is 0 Å². The van der Waals surface area contributed by atoms with Gasteiger partial charge in [0.15, 0.2) is 6.29 Å². The molecule has 0 spiro atoms. The van der Waals surface area contributed by atoms with Crippen molar-refractivity contribution < 1.29 is 14.4 Å². The van der Waals surface area contributed by atoms with Gasteiger partial charge in [-0.2, -0.15) is 0 Å². The zero-order valence-electron chi connectivity index (χ0n) is 9.47. The monoisotopic (exact) mass is 231 g/mol. The van der Waals surface area contributed by atoms with Crippen LogP contribution in [0.25, 0.3) is 0 Å². The van der Waals surface area contributed by atoms with Crippen LogP contribution in [0.3, 0.4) is 0 Å². The minimum Gasteiger partial charge on any atom is -0.319 e. The van der Waals surface area contributed by atoms with Gasteiger partial charge in [-0.1, -0.05) is 18.2 Å². The number of rotatable bonds is 5. The molecule has 1 rings (SSSR count). The lowest BCUT2D eigenvalue weighted by Gasteiger charge is -2.06. The second kappa shape index (κ2) is 6.37. The van der Waals surface area contributed by atoms with Crippen molar-refractivity contribution >= 4 is 18.5 Å². The Labute approximate surface area is 99.3 Å². The van der Waals surface area contributed by atoms with E-state index in [4.69, 9.17) is 0 Å². The molecule has 0 aliphatic heterocycles. The van der Waals surface area contributed by atoms with Crippen LogP contribution in [0.2, 0.25) is 0 Å². The van der Waals surface area contributed by atoms with Crippen LogP contribution in [0.15, 0.2) is 41.6 Å². The van der Waals surface area contributed by atoms with E-state index in [0.29, 0.717) is 23.7 Å². The Bertz CT molecular complexity index is 449. The molecule has 88 valence electrons. The van der Waals surface area contributed by atoms with Gasteiger partial charge in [-0.15, -0.1) is 0 Å². The smallest absolute Gasteiger partial charge is 0.255 e. The van der Waals surface area contributed by atoms with Crippen molar-refractivity contribution in [2.45, 2.75) is 13.3 Å². The van der Waals surface area contributed by atoms with E-state index < -0.39 is 0 Å². The molecule has 0 saturated heterocycles. The largest absolute Gasteiger partial charge is 0.319 e. The third-order valence-electron chi connectivity index (χ3n) is 2.25. The highest BCUT2D eigenvalue weighted by atomic mass is 16.2. The molecule has 0 heterocycles. The summed E-state index contributed by atoms with van der Waals surface area (Å²) in [4.78, 5) is 32.9. The van der Waals surface area contributed by atoms with Crippen molar-refractivity contribution in [1.29, 1.82) is 0 Å². The minimum absolute atomic E-state index is 0.128. The fourth-order valence-electron chi connectivity index (χ4n) is 1.26. The summed E-state index contributed by atoms with van der Waals surface area (Å²) in [5.41, 5.74) is 1.15. The Balaban J connectivity index is 2.83. The molecule has 0 unspecified atom stereocenters. The summed E-state index contributed by atoms with van der Waals surface area (Å²) in [5.74, 6) is -0.363. The van der Waals surface area contributed by atoms with Crippen LogP contribution in [0.1, 0.15) is 23.7 Å². The second-order valence-corrected chi connectivity index (χ2v) is 3.50. The van der Waals surface area contributed by atoms with Gasteiger partial charge >= 0.3 is 0 Å². The number of aldehydes is 2. The van der Waals surface area contributed by atoms with E-state index in [9.17, 15) is 14.4 Å². The number of carbonyl (C=O) groups excluding carboxylic acids is 3. The zero-order valence-corrected chi connectivity index (χ0v) is 9.47. The molecule has 0 saturated carbocycles. The van der Waals surface area contributed by atoms with Crippen LogP contribution in [-0.2, 0) is 9.59 Å². The van der Waals surface area contributed by atoms with Crippen molar-refractivity contribution in [1.82, 2.24) is 5.32 Å². The first kappa shape index (κ1) is 12.8. The Morgan fingerprint density at radius 3 is 2.41 bits per heavy atom. The maximum Gasteiger partial charge on any atom is 0.255 e. The number of amides is 1. The third kappa shape index (κ3) is 3.68. The van der Waals surface area contributed by atoms with E-state index in [0.717, 1.165) is 0 Å². The Hall–Kier alpha value is -2.23. The van der Waals surface area contributed by atoms with Crippen LogP contribution in [0.5, 0.6) is 0 Å². The van der Waals surface area contributed by atoms with Gasteiger partial charge in [0.2, 0.25) is 0 Å². The summed E-state index contributed by atoms with van der Waals surface area (Å²) < 4.78 is 0.